The quantitative estimate of drug-likeness (QED) is 0.372. The summed E-state index contributed by atoms with van der Waals surface area (Å²) in [6.45, 7) is 2.15. The SMILES string of the molecule is CC(=O)N[C@@H](CCCN)C(=O)N[C@@H]1CCC[C@H](CCC(=O)N2CCC[C@H]2C(=O)O)C1=O. The second-order valence-corrected chi connectivity index (χ2v) is 8.40. The fourth-order valence-corrected chi connectivity index (χ4v) is 4.44. The van der Waals surface area contributed by atoms with Gasteiger partial charge in [-0.3, -0.25) is 19.2 Å². The predicted octanol–water partition coefficient (Wildman–Crippen LogP) is -0.0602. The number of amides is 3. The monoisotopic (exact) mass is 438 g/mol. The summed E-state index contributed by atoms with van der Waals surface area (Å²) in [5, 5.41) is 14.6. The lowest BCUT2D eigenvalue weighted by Gasteiger charge is -2.30. The number of nitrogens with zero attached hydrogens (tertiary/aromatic N) is 1. The molecule has 1 saturated carbocycles. The number of carboxylic acids is 1. The maximum Gasteiger partial charge on any atom is 0.326 e. The molecule has 0 unspecified atom stereocenters. The molecule has 10 nitrogen and oxygen atoms in total. The van der Waals surface area contributed by atoms with E-state index in [2.05, 4.69) is 10.6 Å². The van der Waals surface area contributed by atoms with Crippen molar-refractivity contribution in [2.75, 3.05) is 13.1 Å². The Morgan fingerprint density at radius 1 is 1.19 bits per heavy atom. The second-order valence-electron chi connectivity index (χ2n) is 8.40. The molecular formula is C21H34N4O6. The van der Waals surface area contributed by atoms with Gasteiger partial charge in [0, 0.05) is 25.8 Å². The van der Waals surface area contributed by atoms with Crippen molar-refractivity contribution in [3.05, 3.63) is 0 Å². The first-order valence-corrected chi connectivity index (χ1v) is 11.1. The van der Waals surface area contributed by atoms with E-state index >= 15 is 0 Å². The number of ketones is 1. The second kappa shape index (κ2) is 11.8. The van der Waals surface area contributed by atoms with E-state index in [4.69, 9.17) is 5.73 Å². The van der Waals surface area contributed by atoms with Gasteiger partial charge in [-0.1, -0.05) is 6.42 Å². The van der Waals surface area contributed by atoms with Gasteiger partial charge >= 0.3 is 5.97 Å². The van der Waals surface area contributed by atoms with E-state index in [0.717, 1.165) is 6.42 Å². The minimum atomic E-state index is -0.995. The third-order valence-corrected chi connectivity index (χ3v) is 6.06. The first-order chi connectivity index (χ1) is 14.7. The Bertz CT molecular complexity index is 697. The third kappa shape index (κ3) is 7.02. The standard InChI is InChI=1S/C21H34N4O6/c1-13(26)23-16(7-3-11-22)20(29)24-15-6-2-5-14(19(15)28)9-10-18(27)25-12-4-8-17(25)21(30)31/h14-17H,2-12,22H2,1H3,(H,23,26)(H,24,29)(H,30,31)/t14-,15-,16+,17+/m1/s1. The molecule has 1 heterocycles. The van der Waals surface area contributed by atoms with Gasteiger partial charge in [0.05, 0.1) is 6.04 Å². The molecule has 4 atom stereocenters. The van der Waals surface area contributed by atoms with E-state index in [1.807, 2.05) is 0 Å². The molecule has 2 rings (SSSR count). The summed E-state index contributed by atoms with van der Waals surface area (Å²) in [6, 6.07) is -2.16. The average molecular weight is 439 g/mol. The van der Waals surface area contributed by atoms with E-state index in [0.29, 0.717) is 58.0 Å². The minimum Gasteiger partial charge on any atom is -0.480 e. The molecule has 0 spiro atoms. The van der Waals surface area contributed by atoms with Crippen molar-refractivity contribution in [1.29, 1.82) is 0 Å². The minimum absolute atomic E-state index is 0.107. The average Bonchev–Trinajstić information content (AvgIpc) is 3.21. The van der Waals surface area contributed by atoms with Gasteiger partial charge in [-0.2, -0.15) is 0 Å². The predicted molar refractivity (Wildman–Crippen MR) is 112 cm³/mol. The number of nitrogens with two attached hydrogens (primary N) is 1. The third-order valence-electron chi connectivity index (χ3n) is 6.06. The number of carboxylic acid groups (broad SMARTS) is 1. The number of rotatable bonds is 10. The molecule has 0 bridgehead atoms. The van der Waals surface area contributed by atoms with Crippen molar-refractivity contribution in [3.63, 3.8) is 0 Å². The highest BCUT2D eigenvalue weighted by Crippen LogP contribution is 2.27. The van der Waals surface area contributed by atoms with Crippen LogP contribution in [0.3, 0.4) is 0 Å². The van der Waals surface area contributed by atoms with Crippen LogP contribution < -0.4 is 16.4 Å². The van der Waals surface area contributed by atoms with Crippen LogP contribution >= 0.6 is 0 Å². The highest BCUT2D eigenvalue weighted by molar-refractivity contribution is 5.94. The molecule has 1 saturated heterocycles. The molecule has 174 valence electrons. The van der Waals surface area contributed by atoms with Crippen molar-refractivity contribution in [1.82, 2.24) is 15.5 Å². The van der Waals surface area contributed by atoms with Crippen LogP contribution in [0.2, 0.25) is 0 Å². The number of hydrogen-bond acceptors (Lipinski definition) is 6. The summed E-state index contributed by atoms with van der Waals surface area (Å²) in [5.41, 5.74) is 5.50. The molecule has 2 fully saturated rings. The fourth-order valence-electron chi connectivity index (χ4n) is 4.44. The molecule has 0 aromatic rings. The molecule has 31 heavy (non-hydrogen) atoms. The first kappa shape index (κ1) is 24.8. The topological polar surface area (TPSA) is 159 Å². The Morgan fingerprint density at radius 3 is 2.58 bits per heavy atom. The van der Waals surface area contributed by atoms with Crippen LogP contribution in [0.1, 0.15) is 64.7 Å². The molecule has 10 heteroatoms. The Labute approximate surface area is 182 Å². The smallest absolute Gasteiger partial charge is 0.326 e. The molecule has 0 radical (unpaired) electrons. The van der Waals surface area contributed by atoms with Gasteiger partial charge < -0.3 is 26.4 Å². The lowest BCUT2D eigenvalue weighted by atomic mass is 9.81. The molecule has 2 aliphatic rings. The summed E-state index contributed by atoms with van der Waals surface area (Å²) in [7, 11) is 0. The highest BCUT2D eigenvalue weighted by Gasteiger charge is 2.36. The van der Waals surface area contributed by atoms with Crippen molar-refractivity contribution in [2.45, 2.75) is 82.8 Å². The number of carbonyl (C=O) groups excluding carboxylic acids is 4. The van der Waals surface area contributed by atoms with Gasteiger partial charge in [0.15, 0.2) is 5.78 Å². The highest BCUT2D eigenvalue weighted by atomic mass is 16.4. The van der Waals surface area contributed by atoms with E-state index in [1.54, 1.807) is 0 Å². The summed E-state index contributed by atoms with van der Waals surface area (Å²) in [4.78, 5) is 62.1. The van der Waals surface area contributed by atoms with Crippen LogP contribution in [0.25, 0.3) is 0 Å². The summed E-state index contributed by atoms with van der Waals surface area (Å²) in [5.74, 6) is -2.42. The number of aliphatic carboxylic acids is 1. The number of carbonyl (C=O) groups is 5. The molecule has 1 aliphatic carbocycles. The maximum atomic E-state index is 12.9. The zero-order valence-corrected chi connectivity index (χ0v) is 18.1. The maximum absolute atomic E-state index is 12.9. The van der Waals surface area contributed by atoms with Crippen molar-refractivity contribution in [2.24, 2.45) is 11.7 Å². The summed E-state index contributed by atoms with van der Waals surface area (Å²) < 4.78 is 0. The van der Waals surface area contributed by atoms with Gasteiger partial charge in [0.25, 0.3) is 0 Å². The first-order valence-electron chi connectivity index (χ1n) is 11.1. The normalized spacial score (nSPS) is 24.5. The largest absolute Gasteiger partial charge is 0.480 e. The van der Waals surface area contributed by atoms with Gasteiger partial charge in [-0.25, -0.2) is 4.79 Å². The Kier molecular flexibility index (Phi) is 9.42. The van der Waals surface area contributed by atoms with Crippen molar-refractivity contribution >= 4 is 29.5 Å². The van der Waals surface area contributed by atoms with Crippen molar-refractivity contribution < 1.29 is 29.1 Å². The number of nitrogens with one attached hydrogen (secondary N) is 2. The van der Waals surface area contributed by atoms with E-state index in [9.17, 15) is 29.1 Å². The van der Waals surface area contributed by atoms with Gasteiger partial charge in [-0.05, 0) is 51.5 Å². The Morgan fingerprint density at radius 2 is 1.94 bits per heavy atom. The van der Waals surface area contributed by atoms with E-state index < -0.39 is 30.0 Å². The summed E-state index contributed by atoms with van der Waals surface area (Å²) in [6.07, 6.45) is 4.44. The van der Waals surface area contributed by atoms with Crippen LogP contribution in [-0.2, 0) is 24.0 Å². The van der Waals surface area contributed by atoms with Crippen LogP contribution in [0, 0.1) is 5.92 Å². The molecule has 3 amide bonds. The van der Waals surface area contributed by atoms with E-state index in [-0.39, 0.29) is 29.9 Å². The Balaban J connectivity index is 1.90. The van der Waals surface area contributed by atoms with Crippen LogP contribution in [0.4, 0.5) is 0 Å². The molecule has 1 aliphatic heterocycles. The van der Waals surface area contributed by atoms with Crippen LogP contribution in [0.15, 0.2) is 0 Å². The fraction of sp³-hybridized carbons (Fsp3) is 0.762. The molecule has 5 N–H and O–H groups in total. The lowest BCUT2D eigenvalue weighted by molar-refractivity contribution is -0.148. The summed E-state index contributed by atoms with van der Waals surface area (Å²) >= 11 is 0. The van der Waals surface area contributed by atoms with Crippen LogP contribution in [0.5, 0.6) is 0 Å². The zero-order valence-electron chi connectivity index (χ0n) is 18.1. The molecule has 0 aromatic heterocycles. The van der Waals surface area contributed by atoms with E-state index in [1.165, 1.54) is 11.8 Å². The van der Waals surface area contributed by atoms with Crippen molar-refractivity contribution in [3.8, 4) is 0 Å². The number of likely N-dealkylation sites (tertiary alicyclic amines) is 1. The number of Topliss-reactive ketones (excluding diaryl/α,β-unsaturated/α-hetero) is 1. The van der Waals surface area contributed by atoms with Gasteiger partial charge in [-0.15, -0.1) is 0 Å². The van der Waals surface area contributed by atoms with Gasteiger partial charge in [0.2, 0.25) is 17.7 Å². The van der Waals surface area contributed by atoms with Crippen LogP contribution in [-0.4, -0.2) is 70.7 Å². The Hall–Kier alpha value is -2.49. The number of hydrogen-bond donors (Lipinski definition) is 4. The van der Waals surface area contributed by atoms with Gasteiger partial charge in [0.1, 0.15) is 12.1 Å². The molecule has 0 aromatic carbocycles. The zero-order chi connectivity index (χ0) is 23.0. The molecular weight excluding hydrogens is 404 g/mol. The lowest BCUT2D eigenvalue weighted by Crippen LogP contribution is -2.53.